The minimum absolute atomic E-state index is 0.0312. The predicted molar refractivity (Wildman–Crippen MR) is 81.0 cm³/mol. The molecule has 0 unspecified atom stereocenters. The number of fused-ring (bicyclic) bond motifs is 1. The largest absolute Gasteiger partial charge is 0.491 e. The quantitative estimate of drug-likeness (QED) is 0.466. The molecule has 1 aromatic heterocycles. The molecule has 0 saturated carbocycles. The summed E-state index contributed by atoms with van der Waals surface area (Å²) in [6.07, 6.45) is 1.41. The molecule has 1 heterocycles. The van der Waals surface area contributed by atoms with Crippen molar-refractivity contribution in [1.29, 1.82) is 0 Å². The Morgan fingerprint density at radius 1 is 1.29 bits per heavy atom. The molecule has 9 heteroatoms. The van der Waals surface area contributed by atoms with Crippen LogP contribution in [0, 0.1) is 10.1 Å². The average molecular weight is 352 g/mol. The van der Waals surface area contributed by atoms with Gasteiger partial charge in [-0.25, -0.2) is 0 Å². The number of hydrogen-bond donors (Lipinski definition) is 0. The van der Waals surface area contributed by atoms with E-state index in [1.165, 1.54) is 26.5 Å². The number of aromatic nitrogens is 1. The lowest BCUT2D eigenvalue weighted by Gasteiger charge is -2.14. The standard InChI is InChI=1S/C12H9Cl3N2O4/c1-20-10-7(13)8-6(5(12(14)15)3-4-16-8)9(17(18)19)11(10)21-2/h3-4,12H,1-2H3. The minimum Gasteiger partial charge on any atom is -0.491 e. The molecule has 0 bridgehead atoms. The number of rotatable bonds is 4. The third kappa shape index (κ3) is 2.54. The summed E-state index contributed by atoms with van der Waals surface area (Å²) >= 11 is 18.0. The van der Waals surface area contributed by atoms with Crippen LogP contribution in [0.1, 0.15) is 10.4 Å². The van der Waals surface area contributed by atoms with Crippen molar-refractivity contribution in [2.75, 3.05) is 14.2 Å². The predicted octanol–water partition coefficient (Wildman–Crippen LogP) is 4.29. The van der Waals surface area contributed by atoms with Crippen molar-refractivity contribution in [1.82, 2.24) is 4.98 Å². The number of hydrogen-bond acceptors (Lipinski definition) is 5. The van der Waals surface area contributed by atoms with Crippen LogP contribution in [0.25, 0.3) is 10.9 Å². The molecule has 6 nitrogen and oxygen atoms in total. The fourth-order valence-electron chi connectivity index (χ4n) is 2.05. The Labute approximate surface area is 134 Å². The zero-order chi connectivity index (χ0) is 15.7. The average Bonchev–Trinajstić information content (AvgIpc) is 2.45. The first-order valence-electron chi connectivity index (χ1n) is 5.58. The van der Waals surface area contributed by atoms with E-state index >= 15 is 0 Å². The van der Waals surface area contributed by atoms with Gasteiger partial charge in [-0.2, -0.15) is 0 Å². The lowest BCUT2D eigenvalue weighted by molar-refractivity contribution is -0.384. The number of benzene rings is 1. The molecule has 0 atom stereocenters. The van der Waals surface area contributed by atoms with Crippen molar-refractivity contribution in [3.05, 3.63) is 33.0 Å². The van der Waals surface area contributed by atoms with Gasteiger partial charge in [0.2, 0.25) is 5.75 Å². The summed E-state index contributed by atoms with van der Waals surface area (Å²) in [5, 5.41) is 11.7. The van der Waals surface area contributed by atoms with Crippen LogP contribution in [-0.4, -0.2) is 24.1 Å². The van der Waals surface area contributed by atoms with Gasteiger partial charge in [-0.15, -0.1) is 23.2 Å². The number of nitro benzene ring substituents is 1. The Morgan fingerprint density at radius 3 is 2.38 bits per heavy atom. The van der Waals surface area contributed by atoms with E-state index in [1.807, 2.05) is 0 Å². The van der Waals surface area contributed by atoms with Gasteiger partial charge in [-0.1, -0.05) is 11.6 Å². The maximum Gasteiger partial charge on any atom is 0.324 e. The van der Waals surface area contributed by atoms with E-state index in [-0.39, 0.29) is 33.1 Å². The summed E-state index contributed by atoms with van der Waals surface area (Å²) in [5.41, 5.74) is 0.144. The molecule has 21 heavy (non-hydrogen) atoms. The van der Waals surface area contributed by atoms with Gasteiger partial charge in [0.1, 0.15) is 15.4 Å². The van der Waals surface area contributed by atoms with Crippen LogP contribution in [-0.2, 0) is 0 Å². The monoisotopic (exact) mass is 350 g/mol. The van der Waals surface area contributed by atoms with Crippen molar-refractivity contribution in [2.24, 2.45) is 0 Å². The van der Waals surface area contributed by atoms with Crippen LogP contribution >= 0.6 is 34.8 Å². The van der Waals surface area contributed by atoms with Crippen LogP contribution in [0.2, 0.25) is 5.02 Å². The molecule has 1 aromatic carbocycles. The van der Waals surface area contributed by atoms with Gasteiger partial charge in [0.05, 0.1) is 24.5 Å². The van der Waals surface area contributed by atoms with Crippen molar-refractivity contribution in [3.8, 4) is 11.5 Å². The summed E-state index contributed by atoms with van der Waals surface area (Å²) in [6, 6.07) is 1.49. The first-order chi connectivity index (χ1) is 9.93. The molecular formula is C12H9Cl3N2O4. The van der Waals surface area contributed by atoms with Crippen molar-refractivity contribution in [2.45, 2.75) is 4.84 Å². The molecule has 0 radical (unpaired) electrons. The van der Waals surface area contributed by atoms with Gasteiger partial charge >= 0.3 is 5.69 Å². The minimum atomic E-state index is -0.983. The number of methoxy groups -OCH3 is 2. The Balaban J connectivity index is 3.10. The highest BCUT2D eigenvalue weighted by molar-refractivity contribution is 6.45. The van der Waals surface area contributed by atoms with E-state index in [9.17, 15) is 10.1 Å². The van der Waals surface area contributed by atoms with E-state index in [4.69, 9.17) is 44.3 Å². The third-order valence-corrected chi connectivity index (χ3v) is 3.70. The molecule has 0 N–H and O–H groups in total. The smallest absolute Gasteiger partial charge is 0.324 e. The van der Waals surface area contributed by atoms with Crippen LogP contribution in [0.5, 0.6) is 11.5 Å². The highest BCUT2D eigenvalue weighted by Crippen LogP contribution is 2.50. The molecule has 0 aliphatic rings. The number of pyridine rings is 1. The topological polar surface area (TPSA) is 74.5 Å². The molecular weight excluding hydrogens is 343 g/mol. The summed E-state index contributed by atoms with van der Waals surface area (Å²) in [6.45, 7) is 0. The number of alkyl halides is 2. The molecule has 0 saturated heterocycles. The van der Waals surface area contributed by atoms with Crippen LogP contribution in [0.4, 0.5) is 5.69 Å². The number of halogens is 3. The highest BCUT2D eigenvalue weighted by atomic mass is 35.5. The fraction of sp³-hybridized carbons (Fsp3) is 0.250. The number of ether oxygens (including phenoxy) is 2. The maximum atomic E-state index is 11.5. The van der Waals surface area contributed by atoms with Gasteiger partial charge in [-0.05, 0) is 6.07 Å². The second kappa shape index (κ2) is 6.09. The fourth-order valence-corrected chi connectivity index (χ4v) is 2.72. The SMILES string of the molecule is COc1c(OC)c([N+](=O)[O-])c2c(C(Cl)Cl)ccnc2c1Cl. The van der Waals surface area contributed by atoms with E-state index in [2.05, 4.69) is 4.98 Å². The van der Waals surface area contributed by atoms with Crippen LogP contribution in [0.3, 0.4) is 0 Å². The van der Waals surface area contributed by atoms with Crippen LogP contribution < -0.4 is 9.47 Å². The molecule has 0 fully saturated rings. The van der Waals surface area contributed by atoms with Gasteiger partial charge in [-0.3, -0.25) is 15.1 Å². The van der Waals surface area contributed by atoms with E-state index in [1.54, 1.807) is 0 Å². The Kier molecular flexibility index (Phi) is 4.61. The Morgan fingerprint density at radius 2 is 1.90 bits per heavy atom. The van der Waals surface area contributed by atoms with Gasteiger partial charge in [0, 0.05) is 11.8 Å². The molecule has 0 amide bonds. The maximum absolute atomic E-state index is 11.5. The molecule has 112 valence electrons. The first kappa shape index (κ1) is 15.9. The zero-order valence-electron chi connectivity index (χ0n) is 10.9. The summed E-state index contributed by atoms with van der Waals surface area (Å²) < 4.78 is 10.2. The molecule has 0 aliphatic heterocycles. The van der Waals surface area contributed by atoms with Gasteiger partial charge < -0.3 is 9.47 Å². The lowest BCUT2D eigenvalue weighted by Crippen LogP contribution is -2.02. The van der Waals surface area contributed by atoms with Crippen molar-refractivity contribution < 1.29 is 14.4 Å². The van der Waals surface area contributed by atoms with Gasteiger partial charge in [0.15, 0.2) is 5.75 Å². The summed E-state index contributed by atoms with van der Waals surface area (Å²) in [4.78, 5) is 13.9. The Hall–Kier alpha value is -1.50. The molecule has 0 aliphatic carbocycles. The third-order valence-electron chi connectivity index (χ3n) is 2.87. The lowest BCUT2D eigenvalue weighted by atomic mass is 10.1. The van der Waals surface area contributed by atoms with Crippen molar-refractivity contribution in [3.63, 3.8) is 0 Å². The van der Waals surface area contributed by atoms with E-state index < -0.39 is 9.76 Å². The highest BCUT2D eigenvalue weighted by Gasteiger charge is 2.31. The second-order valence-corrected chi connectivity index (χ2v) is 5.38. The zero-order valence-corrected chi connectivity index (χ0v) is 13.2. The van der Waals surface area contributed by atoms with E-state index in [0.717, 1.165) is 0 Å². The van der Waals surface area contributed by atoms with E-state index in [0.29, 0.717) is 5.56 Å². The van der Waals surface area contributed by atoms with Gasteiger partial charge in [0.25, 0.3) is 0 Å². The molecule has 2 aromatic rings. The van der Waals surface area contributed by atoms with Crippen LogP contribution in [0.15, 0.2) is 12.3 Å². The molecule has 2 rings (SSSR count). The first-order valence-corrected chi connectivity index (χ1v) is 6.83. The summed E-state index contributed by atoms with van der Waals surface area (Å²) in [5.74, 6) is -0.0769. The van der Waals surface area contributed by atoms with Crippen molar-refractivity contribution >= 4 is 51.4 Å². The summed E-state index contributed by atoms with van der Waals surface area (Å²) in [7, 11) is 2.61. The number of nitro groups is 1. The normalized spacial score (nSPS) is 11.0. The number of nitrogens with zero attached hydrogens (tertiary/aromatic N) is 2. The second-order valence-electron chi connectivity index (χ2n) is 3.91. The Bertz CT molecular complexity index is 721. The molecule has 0 spiro atoms.